The zero-order chi connectivity index (χ0) is 25.7. The van der Waals surface area contributed by atoms with E-state index >= 15 is 0 Å². The average Bonchev–Trinajstić information content (AvgIpc) is 3.26. The van der Waals surface area contributed by atoms with E-state index in [9.17, 15) is 14.4 Å². The molecule has 0 saturated carbocycles. The van der Waals surface area contributed by atoms with Crippen LogP contribution in [0.15, 0.2) is 66.7 Å². The summed E-state index contributed by atoms with van der Waals surface area (Å²) in [7, 11) is 0. The highest BCUT2D eigenvalue weighted by molar-refractivity contribution is 6.31. The van der Waals surface area contributed by atoms with Gasteiger partial charge in [-0.15, -0.1) is 0 Å². The van der Waals surface area contributed by atoms with Gasteiger partial charge in [0.1, 0.15) is 5.75 Å². The van der Waals surface area contributed by atoms with Crippen LogP contribution in [-0.2, 0) is 20.9 Å². The standard InChI is InChI=1S/C28H28ClN3O4/c1-18-3-6-20(7-4-18)15-30-28(35)21-13-27(34)32(16-21)23-9-11-24(12-10-23)36-17-26(33)31-25-14-22(29)8-5-19(25)2/h3-12,14,21H,13,15-17H2,1-2H3,(H,30,35)(H,31,33)/t21-/m0/s1. The number of ether oxygens (including phenoxy) is 1. The van der Waals surface area contributed by atoms with Crippen molar-refractivity contribution in [1.29, 1.82) is 0 Å². The third-order valence-electron chi connectivity index (χ3n) is 6.08. The topological polar surface area (TPSA) is 87.7 Å². The van der Waals surface area contributed by atoms with Crippen molar-refractivity contribution >= 4 is 40.7 Å². The Hall–Kier alpha value is -3.84. The summed E-state index contributed by atoms with van der Waals surface area (Å²) in [5, 5.41) is 6.25. The summed E-state index contributed by atoms with van der Waals surface area (Å²) >= 11 is 5.99. The molecule has 2 N–H and O–H groups in total. The van der Waals surface area contributed by atoms with Crippen LogP contribution < -0.4 is 20.3 Å². The molecule has 1 aliphatic heterocycles. The Labute approximate surface area is 215 Å². The van der Waals surface area contributed by atoms with Gasteiger partial charge in [-0.1, -0.05) is 47.5 Å². The number of rotatable bonds is 8. The van der Waals surface area contributed by atoms with Gasteiger partial charge in [0.15, 0.2) is 6.61 Å². The van der Waals surface area contributed by atoms with E-state index in [1.807, 2.05) is 44.2 Å². The second-order valence-electron chi connectivity index (χ2n) is 8.90. The molecular weight excluding hydrogens is 478 g/mol. The Kier molecular flexibility index (Phi) is 7.90. The molecule has 1 aliphatic rings. The lowest BCUT2D eigenvalue weighted by Gasteiger charge is -2.17. The van der Waals surface area contributed by atoms with Gasteiger partial charge in [0.05, 0.1) is 5.92 Å². The van der Waals surface area contributed by atoms with Gasteiger partial charge in [-0.3, -0.25) is 14.4 Å². The van der Waals surface area contributed by atoms with Gasteiger partial charge in [-0.25, -0.2) is 0 Å². The van der Waals surface area contributed by atoms with Crippen molar-refractivity contribution in [2.45, 2.75) is 26.8 Å². The molecule has 0 radical (unpaired) electrons. The first-order valence-electron chi connectivity index (χ1n) is 11.7. The SMILES string of the molecule is Cc1ccc(CNC(=O)[C@H]2CC(=O)N(c3ccc(OCC(=O)Nc4cc(Cl)ccc4C)cc3)C2)cc1. The van der Waals surface area contributed by atoms with E-state index in [-0.39, 0.29) is 30.7 Å². The Bertz CT molecular complexity index is 1260. The van der Waals surface area contributed by atoms with E-state index in [1.54, 1.807) is 41.3 Å². The smallest absolute Gasteiger partial charge is 0.262 e. The average molecular weight is 506 g/mol. The predicted molar refractivity (Wildman–Crippen MR) is 140 cm³/mol. The van der Waals surface area contributed by atoms with E-state index in [4.69, 9.17) is 16.3 Å². The zero-order valence-electron chi connectivity index (χ0n) is 20.2. The van der Waals surface area contributed by atoms with Crippen molar-refractivity contribution in [1.82, 2.24) is 5.32 Å². The van der Waals surface area contributed by atoms with Crippen LogP contribution in [0, 0.1) is 19.8 Å². The molecule has 0 aromatic heterocycles. The second-order valence-corrected chi connectivity index (χ2v) is 9.34. The summed E-state index contributed by atoms with van der Waals surface area (Å²) in [5.41, 5.74) is 4.39. The molecule has 3 aromatic carbocycles. The maximum atomic E-state index is 12.6. The van der Waals surface area contributed by atoms with Gasteiger partial charge in [-0.2, -0.15) is 0 Å². The number of hydrogen-bond acceptors (Lipinski definition) is 4. The first kappa shape index (κ1) is 25.3. The van der Waals surface area contributed by atoms with E-state index in [2.05, 4.69) is 10.6 Å². The molecule has 1 atom stereocenters. The highest BCUT2D eigenvalue weighted by Gasteiger charge is 2.35. The molecule has 186 valence electrons. The monoisotopic (exact) mass is 505 g/mol. The molecule has 0 unspecified atom stereocenters. The summed E-state index contributed by atoms with van der Waals surface area (Å²) < 4.78 is 5.58. The molecule has 0 spiro atoms. The number of carbonyl (C=O) groups is 3. The minimum atomic E-state index is -0.405. The Morgan fingerprint density at radius 1 is 1.03 bits per heavy atom. The number of halogens is 1. The number of aryl methyl sites for hydroxylation is 2. The predicted octanol–water partition coefficient (Wildman–Crippen LogP) is 4.64. The van der Waals surface area contributed by atoms with Gasteiger partial charge in [0, 0.05) is 35.9 Å². The lowest BCUT2D eigenvalue weighted by molar-refractivity contribution is -0.126. The minimum Gasteiger partial charge on any atom is -0.484 e. The van der Waals surface area contributed by atoms with E-state index in [0.717, 1.165) is 16.7 Å². The summed E-state index contributed by atoms with van der Waals surface area (Å²) in [6.45, 7) is 4.47. The Balaban J connectivity index is 1.27. The first-order valence-corrected chi connectivity index (χ1v) is 12.1. The van der Waals surface area contributed by atoms with Crippen LogP contribution in [0.1, 0.15) is 23.1 Å². The van der Waals surface area contributed by atoms with Crippen LogP contribution >= 0.6 is 11.6 Å². The molecule has 36 heavy (non-hydrogen) atoms. The summed E-state index contributed by atoms with van der Waals surface area (Å²) in [4.78, 5) is 39.1. The van der Waals surface area contributed by atoms with Gasteiger partial charge in [0.25, 0.3) is 5.91 Å². The number of carbonyl (C=O) groups excluding carboxylic acids is 3. The lowest BCUT2D eigenvalue weighted by atomic mass is 10.1. The van der Waals surface area contributed by atoms with E-state index in [0.29, 0.717) is 35.2 Å². The highest BCUT2D eigenvalue weighted by atomic mass is 35.5. The van der Waals surface area contributed by atoms with Gasteiger partial charge < -0.3 is 20.3 Å². The fourth-order valence-corrected chi connectivity index (χ4v) is 4.13. The second kappa shape index (κ2) is 11.3. The minimum absolute atomic E-state index is 0.101. The van der Waals surface area contributed by atoms with Crippen LogP contribution in [-0.4, -0.2) is 30.9 Å². The molecule has 1 fully saturated rings. The molecule has 1 saturated heterocycles. The third-order valence-corrected chi connectivity index (χ3v) is 6.31. The highest BCUT2D eigenvalue weighted by Crippen LogP contribution is 2.27. The number of benzene rings is 3. The zero-order valence-corrected chi connectivity index (χ0v) is 21.0. The maximum Gasteiger partial charge on any atom is 0.262 e. The molecule has 1 heterocycles. The Morgan fingerprint density at radius 2 is 1.75 bits per heavy atom. The van der Waals surface area contributed by atoms with Crippen LogP contribution in [0.5, 0.6) is 5.75 Å². The largest absolute Gasteiger partial charge is 0.484 e. The summed E-state index contributed by atoms with van der Waals surface area (Å²) in [6.07, 6.45) is 0.168. The van der Waals surface area contributed by atoms with Gasteiger partial charge in [0.2, 0.25) is 11.8 Å². The molecular formula is C28H28ClN3O4. The maximum absolute atomic E-state index is 12.6. The van der Waals surface area contributed by atoms with Crippen molar-refractivity contribution in [2.75, 3.05) is 23.4 Å². The van der Waals surface area contributed by atoms with Crippen molar-refractivity contribution in [2.24, 2.45) is 5.92 Å². The van der Waals surface area contributed by atoms with Crippen molar-refractivity contribution in [3.63, 3.8) is 0 Å². The molecule has 4 rings (SSSR count). The number of nitrogens with zero attached hydrogens (tertiary/aromatic N) is 1. The quantitative estimate of drug-likeness (QED) is 0.466. The van der Waals surface area contributed by atoms with Crippen LogP contribution in [0.4, 0.5) is 11.4 Å². The number of hydrogen-bond donors (Lipinski definition) is 2. The van der Waals surface area contributed by atoms with Crippen molar-refractivity contribution < 1.29 is 19.1 Å². The fraction of sp³-hybridized carbons (Fsp3) is 0.250. The molecule has 3 aromatic rings. The van der Waals surface area contributed by atoms with Crippen LogP contribution in [0.3, 0.4) is 0 Å². The first-order chi connectivity index (χ1) is 17.3. The van der Waals surface area contributed by atoms with E-state index < -0.39 is 5.92 Å². The molecule has 0 aliphatic carbocycles. The fourth-order valence-electron chi connectivity index (χ4n) is 3.96. The number of anilines is 2. The third kappa shape index (κ3) is 6.43. The molecule has 3 amide bonds. The van der Waals surface area contributed by atoms with Crippen LogP contribution in [0.2, 0.25) is 5.02 Å². The van der Waals surface area contributed by atoms with Gasteiger partial charge in [-0.05, 0) is 61.4 Å². The number of nitrogens with one attached hydrogen (secondary N) is 2. The molecule has 8 heteroatoms. The van der Waals surface area contributed by atoms with Crippen LogP contribution in [0.25, 0.3) is 0 Å². The van der Waals surface area contributed by atoms with Crippen molar-refractivity contribution in [3.05, 3.63) is 88.4 Å². The van der Waals surface area contributed by atoms with Crippen molar-refractivity contribution in [3.8, 4) is 5.75 Å². The summed E-state index contributed by atoms with van der Waals surface area (Å²) in [5.74, 6) is -0.449. The number of amides is 3. The molecule has 0 bridgehead atoms. The normalized spacial score (nSPS) is 15.0. The van der Waals surface area contributed by atoms with Gasteiger partial charge >= 0.3 is 0 Å². The molecule has 7 nitrogen and oxygen atoms in total. The summed E-state index contributed by atoms with van der Waals surface area (Å²) in [6, 6.07) is 20.1. The lowest BCUT2D eigenvalue weighted by Crippen LogP contribution is -2.32. The Morgan fingerprint density at radius 3 is 2.47 bits per heavy atom. The van der Waals surface area contributed by atoms with E-state index in [1.165, 1.54) is 0 Å².